The van der Waals surface area contributed by atoms with Crippen LogP contribution in [0.25, 0.3) is 0 Å². The number of hydrogen-bond acceptors (Lipinski definition) is 4. The van der Waals surface area contributed by atoms with Gasteiger partial charge >= 0.3 is 12.4 Å². The third-order valence-corrected chi connectivity index (χ3v) is 6.09. The maximum Gasteiger partial charge on any atom is 0.416 e. The molecule has 0 saturated carbocycles. The minimum Gasteiger partial charge on any atom is -0.395 e. The number of hydrogen-bond donors (Lipinski definition) is 0. The van der Waals surface area contributed by atoms with E-state index in [2.05, 4.69) is 11.8 Å². The number of nitriles is 2. The van der Waals surface area contributed by atoms with Gasteiger partial charge in [0.2, 0.25) is 0 Å². The maximum atomic E-state index is 13.0. The molecular weight excluding hydrogens is 530 g/mol. The summed E-state index contributed by atoms with van der Waals surface area (Å²) in [6.07, 6.45) is -9.89. The molecule has 0 spiro atoms. The molecule has 4 nitrogen and oxygen atoms in total. The van der Waals surface area contributed by atoms with Gasteiger partial charge in [0.25, 0.3) is 0 Å². The second-order valence-corrected chi connectivity index (χ2v) is 19.4. The van der Waals surface area contributed by atoms with Crippen molar-refractivity contribution in [2.75, 3.05) is 6.61 Å². The van der Waals surface area contributed by atoms with Gasteiger partial charge in [-0.3, -0.25) is 0 Å². The van der Waals surface area contributed by atoms with Gasteiger partial charge in [0.05, 0.1) is 24.3 Å². The number of rotatable bonds is 7. The zero-order chi connectivity index (χ0) is 28.7. The molecule has 0 aliphatic carbocycles. The molecular formula is C25H30F6N2O2Si2. The lowest BCUT2D eigenvalue weighted by Gasteiger charge is -2.34. The first-order chi connectivity index (χ1) is 16.7. The third-order valence-electron chi connectivity index (χ3n) is 4.46. The van der Waals surface area contributed by atoms with E-state index in [1.807, 2.05) is 39.3 Å². The minimum absolute atomic E-state index is 0.0569. The molecule has 0 amide bonds. The van der Waals surface area contributed by atoms with Crippen molar-refractivity contribution in [3.8, 4) is 11.8 Å². The molecule has 0 bridgehead atoms. The average Bonchev–Trinajstić information content (AvgIpc) is 2.76. The highest BCUT2D eigenvalue weighted by molar-refractivity contribution is 6.83. The number of benzene rings is 2. The molecule has 0 fully saturated rings. The molecule has 1 unspecified atom stereocenters. The molecule has 0 aromatic heterocycles. The van der Waals surface area contributed by atoms with Gasteiger partial charge in [-0.15, -0.1) is 0 Å². The van der Waals surface area contributed by atoms with Crippen LogP contribution < -0.4 is 0 Å². The van der Waals surface area contributed by atoms with Crippen LogP contribution in [-0.4, -0.2) is 23.0 Å². The van der Waals surface area contributed by atoms with Crippen LogP contribution in [-0.2, 0) is 33.7 Å². The van der Waals surface area contributed by atoms with Crippen LogP contribution in [0.3, 0.4) is 0 Å². The minimum atomic E-state index is -4.95. The van der Waals surface area contributed by atoms with Crippen molar-refractivity contribution in [1.29, 1.82) is 10.5 Å². The molecule has 0 radical (unpaired) electrons. The molecule has 0 heterocycles. The van der Waals surface area contributed by atoms with Crippen molar-refractivity contribution in [1.82, 2.24) is 0 Å². The lowest BCUT2D eigenvalue weighted by molar-refractivity contribution is -0.143. The average molecular weight is 561 g/mol. The standard InChI is InChI=1S/C21H21F6NO2Si.C4H9NSi/c1-31(2,3)30-19(13-28,16-7-5-4-6-8-16)14-29-12-15-9-17(20(22,23)24)11-18(10-15)21(25,26)27;1-6(2,3)4-5/h4-11H,12,14H2,1-3H3;1-3H3. The van der Waals surface area contributed by atoms with Crippen molar-refractivity contribution >= 4 is 16.4 Å². The molecule has 37 heavy (non-hydrogen) atoms. The van der Waals surface area contributed by atoms with E-state index in [9.17, 15) is 31.6 Å². The van der Waals surface area contributed by atoms with Crippen molar-refractivity contribution < 1.29 is 35.5 Å². The van der Waals surface area contributed by atoms with Gasteiger partial charge in [0.1, 0.15) is 6.07 Å². The number of ether oxygens (including phenoxy) is 1. The molecule has 1 atom stereocenters. The van der Waals surface area contributed by atoms with Crippen molar-refractivity contribution in [3.05, 3.63) is 70.8 Å². The maximum absolute atomic E-state index is 13.0. The van der Waals surface area contributed by atoms with Gasteiger partial charge in [-0.2, -0.15) is 31.6 Å². The predicted molar refractivity (Wildman–Crippen MR) is 133 cm³/mol. The van der Waals surface area contributed by atoms with Crippen LogP contribution in [0.15, 0.2) is 48.5 Å². The Morgan fingerprint density at radius 2 is 1.22 bits per heavy atom. The summed E-state index contributed by atoms with van der Waals surface area (Å²) in [5.41, 5.74) is -1.97. The van der Waals surface area contributed by atoms with Crippen molar-refractivity contribution in [3.63, 3.8) is 0 Å². The Morgan fingerprint density at radius 3 is 1.57 bits per heavy atom. The van der Waals surface area contributed by atoms with Crippen LogP contribution >= 0.6 is 0 Å². The first-order valence-electron chi connectivity index (χ1n) is 11.2. The monoisotopic (exact) mass is 560 g/mol. The number of nitrogens with zero attached hydrogens (tertiary/aromatic N) is 2. The quantitative estimate of drug-likeness (QED) is 0.255. The van der Waals surface area contributed by atoms with Crippen LogP contribution in [0.2, 0.25) is 39.3 Å². The van der Waals surface area contributed by atoms with E-state index < -0.39 is 52.1 Å². The first kappa shape index (κ1) is 32.4. The normalized spacial score (nSPS) is 14.0. The largest absolute Gasteiger partial charge is 0.416 e. The van der Waals surface area contributed by atoms with Crippen LogP contribution in [0, 0.1) is 22.3 Å². The lowest BCUT2D eigenvalue weighted by Crippen LogP contribution is -2.43. The Bertz CT molecular complexity index is 1080. The second-order valence-electron chi connectivity index (χ2n) is 10.3. The summed E-state index contributed by atoms with van der Waals surface area (Å²) >= 11 is 0. The fourth-order valence-electron chi connectivity index (χ4n) is 2.94. The fourth-order valence-corrected chi connectivity index (χ4v) is 4.20. The first-order valence-corrected chi connectivity index (χ1v) is 18.1. The van der Waals surface area contributed by atoms with Gasteiger partial charge in [-0.25, -0.2) is 5.26 Å². The molecule has 0 aliphatic heterocycles. The lowest BCUT2D eigenvalue weighted by atomic mass is 9.96. The van der Waals surface area contributed by atoms with E-state index in [0.29, 0.717) is 17.7 Å². The van der Waals surface area contributed by atoms with E-state index in [0.717, 1.165) is 0 Å². The van der Waals surface area contributed by atoms with Gasteiger partial charge in [0, 0.05) is 5.69 Å². The molecule has 12 heteroatoms. The number of alkyl halides is 6. The SMILES string of the molecule is C[Si](C)(C)C#N.C[Si](C)(C)OC(C#N)(COCc1cc(C(F)(F)F)cc(C(F)(F)F)c1)c1ccccc1. The highest BCUT2D eigenvalue weighted by Crippen LogP contribution is 2.37. The Balaban J connectivity index is 0.00000102. The summed E-state index contributed by atoms with van der Waals surface area (Å²) in [4.78, 5) is 0. The molecule has 2 aromatic rings. The molecule has 0 saturated heterocycles. The van der Waals surface area contributed by atoms with Gasteiger partial charge < -0.3 is 9.16 Å². The second kappa shape index (κ2) is 12.3. The zero-order valence-electron chi connectivity index (χ0n) is 21.5. The molecule has 2 aromatic carbocycles. The van der Waals surface area contributed by atoms with Gasteiger partial charge in [-0.05, 0) is 49.0 Å². The molecule has 0 N–H and O–H groups in total. The highest BCUT2D eigenvalue weighted by Gasteiger charge is 2.39. The van der Waals surface area contributed by atoms with E-state index in [1.54, 1.807) is 30.3 Å². The Hall–Kier alpha value is -2.65. The van der Waals surface area contributed by atoms with E-state index >= 15 is 0 Å². The Labute approximate surface area is 215 Å². The Kier molecular flexibility index (Phi) is 10.7. The molecule has 0 aliphatic rings. The van der Waals surface area contributed by atoms with Gasteiger partial charge in [0.15, 0.2) is 22.0 Å². The molecule has 2 rings (SSSR count). The summed E-state index contributed by atoms with van der Waals surface area (Å²) < 4.78 is 89.8. The van der Waals surface area contributed by atoms with Crippen LogP contribution in [0.5, 0.6) is 0 Å². The van der Waals surface area contributed by atoms with E-state index in [1.165, 1.54) is 0 Å². The summed E-state index contributed by atoms with van der Waals surface area (Å²) in [7, 11) is -3.62. The summed E-state index contributed by atoms with van der Waals surface area (Å²) in [6.45, 7) is 10.7. The fraction of sp³-hybridized carbons (Fsp3) is 0.440. The zero-order valence-corrected chi connectivity index (χ0v) is 23.5. The summed E-state index contributed by atoms with van der Waals surface area (Å²) in [5.74, 6) is 0. The van der Waals surface area contributed by atoms with Crippen molar-refractivity contribution in [2.45, 2.75) is 63.8 Å². The van der Waals surface area contributed by atoms with Crippen LogP contribution in [0.1, 0.15) is 22.3 Å². The highest BCUT2D eigenvalue weighted by atomic mass is 28.4. The van der Waals surface area contributed by atoms with E-state index in [4.69, 9.17) is 14.4 Å². The topological polar surface area (TPSA) is 66.0 Å². The number of halogens is 6. The Morgan fingerprint density at radius 1 is 0.757 bits per heavy atom. The third kappa shape index (κ3) is 11.1. The summed E-state index contributed by atoms with van der Waals surface area (Å²) in [5, 5.41) is 18.1. The van der Waals surface area contributed by atoms with Crippen molar-refractivity contribution in [2.24, 2.45) is 0 Å². The van der Waals surface area contributed by atoms with E-state index in [-0.39, 0.29) is 18.2 Å². The van der Waals surface area contributed by atoms with Crippen LogP contribution in [0.4, 0.5) is 26.3 Å². The summed E-state index contributed by atoms with van der Waals surface area (Å²) in [6, 6.07) is 11.8. The predicted octanol–water partition coefficient (Wildman–Crippen LogP) is 7.90. The van der Waals surface area contributed by atoms with Gasteiger partial charge in [-0.1, -0.05) is 50.0 Å². The molecule has 202 valence electrons. The smallest absolute Gasteiger partial charge is 0.395 e.